The van der Waals surface area contributed by atoms with Crippen molar-refractivity contribution in [2.75, 3.05) is 39.8 Å². The molecule has 0 spiro atoms. The van der Waals surface area contributed by atoms with Crippen LogP contribution in [0, 0.1) is 0 Å². The molecule has 3 rings (SSSR count). The van der Waals surface area contributed by atoms with Gasteiger partial charge in [-0.3, -0.25) is 0 Å². The lowest BCUT2D eigenvalue weighted by molar-refractivity contribution is 0.145. The first kappa shape index (κ1) is 14.8. The average molecular weight is 281 g/mol. The number of likely N-dealkylation sites (N-methyl/N-ethyl adjacent to an activating group) is 1. The quantitative estimate of drug-likeness (QED) is 0.732. The van der Waals surface area contributed by atoms with Crippen molar-refractivity contribution in [3.8, 4) is 0 Å². The molecule has 20 heavy (non-hydrogen) atoms. The molecule has 1 aliphatic heterocycles. The van der Waals surface area contributed by atoms with E-state index in [0.29, 0.717) is 18.7 Å². The SMILES string of the molecule is CN(CCN1CCCC1)C1CCC(CO)(NC2CC2)C1. The van der Waals surface area contributed by atoms with Crippen LogP contribution in [0.4, 0.5) is 0 Å². The van der Waals surface area contributed by atoms with Crippen molar-refractivity contribution in [3.63, 3.8) is 0 Å². The Morgan fingerprint density at radius 2 is 2.00 bits per heavy atom. The lowest BCUT2D eigenvalue weighted by Gasteiger charge is -2.31. The van der Waals surface area contributed by atoms with E-state index in [9.17, 15) is 5.11 Å². The Hall–Kier alpha value is -0.160. The minimum Gasteiger partial charge on any atom is -0.394 e. The predicted octanol–water partition coefficient (Wildman–Crippen LogP) is 1.05. The van der Waals surface area contributed by atoms with Gasteiger partial charge in [0, 0.05) is 30.7 Å². The molecule has 2 unspecified atom stereocenters. The van der Waals surface area contributed by atoms with Gasteiger partial charge < -0.3 is 20.2 Å². The Labute approximate surface area is 123 Å². The topological polar surface area (TPSA) is 38.7 Å². The molecule has 3 fully saturated rings. The number of likely N-dealkylation sites (tertiary alicyclic amines) is 1. The Morgan fingerprint density at radius 1 is 1.25 bits per heavy atom. The van der Waals surface area contributed by atoms with E-state index in [-0.39, 0.29) is 5.54 Å². The predicted molar refractivity (Wildman–Crippen MR) is 81.9 cm³/mol. The van der Waals surface area contributed by atoms with Crippen LogP contribution in [0.5, 0.6) is 0 Å². The van der Waals surface area contributed by atoms with Gasteiger partial charge in [-0.25, -0.2) is 0 Å². The van der Waals surface area contributed by atoms with Crippen LogP contribution in [-0.2, 0) is 0 Å². The van der Waals surface area contributed by atoms with Gasteiger partial charge in [-0.2, -0.15) is 0 Å². The van der Waals surface area contributed by atoms with Gasteiger partial charge in [0.1, 0.15) is 0 Å². The first-order valence-electron chi connectivity index (χ1n) is 8.52. The summed E-state index contributed by atoms with van der Waals surface area (Å²) in [4.78, 5) is 5.12. The van der Waals surface area contributed by atoms with Crippen molar-refractivity contribution in [2.45, 2.75) is 62.6 Å². The number of nitrogens with one attached hydrogen (secondary N) is 1. The normalized spacial score (nSPS) is 35.2. The Morgan fingerprint density at radius 3 is 2.65 bits per heavy atom. The second-order valence-corrected chi connectivity index (χ2v) is 7.28. The van der Waals surface area contributed by atoms with Gasteiger partial charge in [0.25, 0.3) is 0 Å². The molecule has 0 aromatic carbocycles. The molecule has 116 valence electrons. The summed E-state index contributed by atoms with van der Waals surface area (Å²) in [6.07, 6.45) is 8.86. The van der Waals surface area contributed by atoms with Crippen molar-refractivity contribution in [1.82, 2.24) is 15.1 Å². The van der Waals surface area contributed by atoms with Gasteiger partial charge in [-0.15, -0.1) is 0 Å². The van der Waals surface area contributed by atoms with Crippen LogP contribution in [-0.4, -0.2) is 72.4 Å². The van der Waals surface area contributed by atoms with Crippen LogP contribution in [0.1, 0.15) is 44.9 Å². The summed E-state index contributed by atoms with van der Waals surface area (Å²) in [6, 6.07) is 1.34. The first-order valence-corrected chi connectivity index (χ1v) is 8.52. The molecular formula is C16H31N3O. The zero-order valence-electron chi connectivity index (χ0n) is 13.0. The highest BCUT2D eigenvalue weighted by molar-refractivity contribution is 5.02. The molecule has 1 heterocycles. The van der Waals surface area contributed by atoms with Crippen molar-refractivity contribution in [2.24, 2.45) is 0 Å². The van der Waals surface area contributed by atoms with E-state index in [1.165, 1.54) is 58.3 Å². The van der Waals surface area contributed by atoms with E-state index in [2.05, 4.69) is 22.2 Å². The summed E-state index contributed by atoms with van der Waals surface area (Å²) in [5.41, 5.74) is 0.0216. The van der Waals surface area contributed by atoms with Crippen LogP contribution >= 0.6 is 0 Å². The van der Waals surface area contributed by atoms with E-state index in [1.54, 1.807) is 0 Å². The molecule has 1 saturated heterocycles. The number of hydrogen-bond acceptors (Lipinski definition) is 4. The number of aliphatic hydroxyl groups is 1. The Balaban J connectivity index is 1.44. The second kappa shape index (κ2) is 6.30. The molecule has 2 saturated carbocycles. The minimum absolute atomic E-state index is 0.0216. The van der Waals surface area contributed by atoms with E-state index in [0.717, 1.165) is 12.8 Å². The number of rotatable bonds is 7. The molecule has 0 aromatic rings. The highest BCUT2D eigenvalue weighted by atomic mass is 16.3. The van der Waals surface area contributed by atoms with E-state index in [4.69, 9.17) is 0 Å². The largest absolute Gasteiger partial charge is 0.394 e. The molecule has 0 amide bonds. The molecule has 0 radical (unpaired) electrons. The van der Waals surface area contributed by atoms with Gasteiger partial charge in [0.05, 0.1) is 6.61 Å². The van der Waals surface area contributed by atoms with Crippen molar-refractivity contribution < 1.29 is 5.11 Å². The molecule has 2 atom stereocenters. The average Bonchev–Trinajstić information content (AvgIpc) is 2.96. The Bertz CT molecular complexity index is 315. The molecular weight excluding hydrogens is 250 g/mol. The maximum Gasteiger partial charge on any atom is 0.0614 e. The molecule has 2 N–H and O–H groups in total. The minimum atomic E-state index is 0.0216. The molecule has 4 nitrogen and oxygen atoms in total. The number of nitrogens with zero attached hydrogens (tertiary/aromatic N) is 2. The van der Waals surface area contributed by atoms with Crippen LogP contribution in [0.25, 0.3) is 0 Å². The van der Waals surface area contributed by atoms with Crippen LogP contribution in [0.3, 0.4) is 0 Å². The van der Waals surface area contributed by atoms with Crippen molar-refractivity contribution >= 4 is 0 Å². The highest BCUT2D eigenvalue weighted by Gasteiger charge is 2.42. The fraction of sp³-hybridized carbons (Fsp3) is 1.00. The van der Waals surface area contributed by atoms with Crippen LogP contribution in [0.2, 0.25) is 0 Å². The van der Waals surface area contributed by atoms with Crippen molar-refractivity contribution in [1.29, 1.82) is 0 Å². The van der Waals surface area contributed by atoms with Crippen LogP contribution in [0.15, 0.2) is 0 Å². The summed E-state index contributed by atoms with van der Waals surface area (Å²) in [7, 11) is 2.27. The third-order valence-electron chi connectivity index (χ3n) is 5.56. The third kappa shape index (κ3) is 3.53. The highest BCUT2D eigenvalue weighted by Crippen LogP contribution is 2.35. The number of hydrogen-bond donors (Lipinski definition) is 2. The lowest BCUT2D eigenvalue weighted by atomic mass is 9.98. The number of aliphatic hydroxyl groups excluding tert-OH is 1. The zero-order chi connectivity index (χ0) is 14.0. The fourth-order valence-electron chi connectivity index (χ4n) is 3.94. The molecule has 0 bridgehead atoms. The Kier molecular flexibility index (Phi) is 4.65. The summed E-state index contributed by atoms with van der Waals surface area (Å²) < 4.78 is 0. The summed E-state index contributed by atoms with van der Waals surface area (Å²) in [5.74, 6) is 0. The maximum absolute atomic E-state index is 9.81. The van der Waals surface area contributed by atoms with Gasteiger partial charge >= 0.3 is 0 Å². The monoisotopic (exact) mass is 281 g/mol. The summed E-state index contributed by atoms with van der Waals surface area (Å²) in [6.45, 7) is 5.29. The van der Waals surface area contributed by atoms with Gasteiger partial charge in [-0.05, 0) is 65.1 Å². The summed E-state index contributed by atoms with van der Waals surface area (Å²) in [5, 5.41) is 13.5. The standard InChI is InChI=1S/C16H31N3O/c1-18(10-11-19-8-2-3-9-19)15-6-7-16(12-15,13-20)17-14-4-5-14/h14-15,17,20H,2-13H2,1H3. The second-order valence-electron chi connectivity index (χ2n) is 7.28. The smallest absolute Gasteiger partial charge is 0.0614 e. The van der Waals surface area contributed by atoms with E-state index in [1.807, 2.05) is 0 Å². The molecule has 0 aromatic heterocycles. The summed E-state index contributed by atoms with van der Waals surface area (Å²) >= 11 is 0. The lowest BCUT2D eigenvalue weighted by Crippen LogP contribution is -2.49. The fourth-order valence-corrected chi connectivity index (χ4v) is 3.94. The molecule has 4 heteroatoms. The van der Waals surface area contributed by atoms with E-state index >= 15 is 0 Å². The third-order valence-corrected chi connectivity index (χ3v) is 5.56. The molecule has 2 aliphatic carbocycles. The van der Waals surface area contributed by atoms with E-state index < -0.39 is 0 Å². The van der Waals surface area contributed by atoms with Gasteiger partial charge in [-0.1, -0.05) is 0 Å². The maximum atomic E-state index is 9.81. The first-order chi connectivity index (χ1) is 9.71. The van der Waals surface area contributed by atoms with Gasteiger partial charge in [0.2, 0.25) is 0 Å². The van der Waals surface area contributed by atoms with Gasteiger partial charge in [0.15, 0.2) is 0 Å². The van der Waals surface area contributed by atoms with Crippen molar-refractivity contribution in [3.05, 3.63) is 0 Å². The zero-order valence-corrected chi connectivity index (χ0v) is 13.0. The van der Waals surface area contributed by atoms with Crippen LogP contribution < -0.4 is 5.32 Å². The molecule has 3 aliphatic rings.